The van der Waals surface area contributed by atoms with E-state index in [-0.39, 0.29) is 12.5 Å². The molecule has 1 amide bonds. The average Bonchev–Trinajstić information content (AvgIpc) is 2.83. The molecule has 7 atom stereocenters. The Hall–Kier alpha value is -1.07. The van der Waals surface area contributed by atoms with Crippen LogP contribution in [0.2, 0.25) is 0 Å². The molecule has 0 aliphatic carbocycles. The molecule has 0 aromatic rings. The Morgan fingerprint density at radius 3 is 2.26 bits per heavy atom. The van der Waals surface area contributed by atoms with Gasteiger partial charge in [0.2, 0.25) is 5.91 Å². The zero-order valence-corrected chi connectivity index (χ0v) is 20.8. The van der Waals surface area contributed by atoms with Gasteiger partial charge >= 0.3 is 0 Å². The summed E-state index contributed by atoms with van der Waals surface area (Å²) >= 11 is 0. The smallest absolute Gasteiger partial charge is 0.220 e. The van der Waals surface area contributed by atoms with Crippen molar-refractivity contribution in [2.45, 2.75) is 127 Å². The first kappa shape index (κ1) is 31.0. The average molecular weight is 490 g/mol. The van der Waals surface area contributed by atoms with Gasteiger partial charge in [-0.3, -0.25) is 4.79 Å². The molecule has 1 saturated heterocycles. The van der Waals surface area contributed by atoms with Crippen LogP contribution in [-0.2, 0) is 14.3 Å². The molecule has 6 N–H and O–H groups in total. The zero-order valence-electron chi connectivity index (χ0n) is 20.8. The van der Waals surface area contributed by atoms with Gasteiger partial charge in [0.1, 0.15) is 24.4 Å². The van der Waals surface area contributed by atoms with E-state index in [9.17, 15) is 30.3 Å². The van der Waals surface area contributed by atoms with E-state index in [1.54, 1.807) is 6.08 Å². The Balaban J connectivity index is 2.67. The second kappa shape index (κ2) is 18.2. The van der Waals surface area contributed by atoms with Crippen LogP contribution in [-0.4, -0.2) is 87.5 Å². The van der Waals surface area contributed by atoms with Crippen LogP contribution in [0.3, 0.4) is 0 Å². The van der Waals surface area contributed by atoms with Crippen molar-refractivity contribution in [1.29, 1.82) is 0 Å². The van der Waals surface area contributed by atoms with Crippen molar-refractivity contribution in [3.63, 3.8) is 0 Å². The third kappa shape index (κ3) is 11.6. The molecule has 0 bridgehead atoms. The number of carbonyl (C=O) groups excluding carboxylic acids is 1. The minimum atomic E-state index is -1.56. The van der Waals surface area contributed by atoms with E-state index in [2.05, 4.69) is 19.2 Å². The van der Waals surface area contributed by atoms with Gasteiger partial charge in [0.05, 0.1) is 25.4 Å². The van der Waals surface area contributed by atoms with Gasteiger partial charge in [0, 0.05) is 6.42 Å². The lowest BCUT2D eigenvalue weighted by atomic mass is 9.99. The molecule has 1 rings (SSSR count). The molecule has 0 radical (unpaired) electrons. The maximum atomic E-state index is 12.4. The topological polar surface area (TPSA) is 149 Å². The van der Waals surface area contributed by atoms with Crippen molar-refractivity contribution in [2.24, 2.45) is 0 Å². The van der Waals surface area contributed by atoms with Gasteiger partial charge in [0.15, 0.2) is 6.29 Å². The highest BCUT2D eigenvalue weighted by Crippen LogP contribution is 2.22. The van der Waals surface area contributed by atoms with Crippen molar-refractivity contribution in [1.82, 2.24) is 5.32 Å². The van der Waals surface area contributed by atoms with E-state index in [1.807, 2.05) is 6.08 Å². The fourth-order valence-electron chi connectivity index (χ4n) is 3.86. The number of nitrogens with one attached hydrogen (secondary N) is 1. The maximum Gasteiger partial charge on any atom is 0.220 e. The van der Waals surface area contributed by atoms with Crippen molar-refractivity contribution >= 4 is 5.91 Å². The number of ether oxygens (including phenoxy) is 2. The van der Waals surface area contributed by atoms with Crippen LogP contribution in [0.5, 0.6) is 0 Å². The van der Waals surface area contributed by atoms with E-state index in [0.29, 0.717) is 6.42 Å². The molecule has 0 aromatic carbocycles. The molecule has 0 saturated carbocycles. The molecule has 7 unspecified atom stereocenters. The molecule has 1 aliphatic rings. The fraction of sp³-hybridized carbons (Fsp3) is 0.880. The first-order valence-electron chi connectivity index (χ1n) is 12.9. The molecule has 9 heteroatoms. The number of carbonyl (C=O) groups is 1. The predicted octanol–water partition coefficient (Wildman–Crippen LogP) is 1.54. The van der Waals surface area contributed by atoms with Crippen molar-refractivity contribution in [3.05, 3.63) is 12.2 Å². The largest absolute Gasteiger partial charge is 0.394 e. The van der Waals surface area contributed by atoms with E-state index in [4.69, 9.17) is 9.47 Å². The predicted molar refractivity (Wildman–Crippen MR) is 129 cm³/mol. The standard InChI is InChI=1S/C25H47NO8/c1-3-5-7-9-10-11-12-14-19(28)18(26-21(29)15-13-8-6-4-2)17-33-25-24(32)23(31)22(30)20(16-27)34-25/h12,14,18-20,22-25,27-28,30-32H,3-11,13,15-17H2,1-2H3,(H,26,29)/b14-12+. The molecule has 1 aliphatic heterocycles. The number of amides is 1. The lowest BCUT2D eigenvalue weighted by molar-refractivity contribution is -0.302. The Labute approximate surface area is 204 Å². The van der Waals surface area contributed by atoms with Crippen LogP contribution in [0, 0.1) is 0 Å². The quantitative estimate of drug-likeness (QED) is 0.125. The fourth-order valence-corrected chi connectivity index (χ4v) is 3.86. The van der Waals surface area contributed by atoms with Crippen LogP contribution in [0.25, 0.3) is 0 Å². The second-order valence-electron chi connectivity index (χ2n) is 9.14. The van der Waals surface area contributed by atoms with Gasteiger partial charge in [-0.1, -0.05) is 70.9 Å². The maximum absolute atomic E-state index is 12.4. The lowest BCUT2D eigenvalue weighted by Crippen LogP contribution is -2.60. The molecule has 0 aromatic heterocycles. The third-order valence-electron chi connectivity index (χ3n) is 6.11. The summed E-state index contributed by atoms with van der Waals surface area (Å²) in [6, 6.07) is -0.789. The molecule has 1 heterocycles. The van der Waals surface area contributed by atoms with Gasteiger partial charge in [-0.15, -0.1) is 0 Å². The number of aliphatic hydroxyl groups is 5. The summed E-state index contributed by atoms with van der Waals surface area (Å²) in [6.07, 6.45) is 6.27. The van der Waals surface area contributed by atoms with Gasteiger partial charge in [-0.2, -0.15) is 0 Å². The van der Waals surface area contributed by atoms with Crippen LogP contribution in [0.4, 0.5) is 0 Å². The van der Waals surface area contributed by atoms with Gasteiger partial charge < -0.3 is 40.3 Å². The molecule has 34 heavy (non-hydrogen) atoms. The molecule has 1 fully saturated rings. The summed E-state index contributed by atoms with van der Waals surface area (Å²) in [5, 5.41) is 52.9. The number of hydrogen-bond acceptors (Lipinski definition) is 8. The molecule has 9 nitrogen and oxygen atoms in total. The van der Waals surface area contributed by atoms with Gasteiger partial charge in [0.25, 0.3) is 0 Å². The molecule has 200 valence electrons. The van der Waals surface area contributed by atoms with Crippen molar-refractivity contribution in [3.8, 4) is 0 Å². The Morgan fingerprint density at radius 1 is 0.971 bits per heavy atom. The number of aliphatic hydroxyl groups excluding tert-OH is 5. The van der Waals surface area contributed by atoms with E-state index in [1.165, 1.54) is 19.3 Å². The number of hydrogen-bond donors (Lipinski definition) is 6. The Bertz CT molecular complexity index is 559. The number of allylic oxidation sites excluding steroid dienone is 1. The van der Waals surface area contributed by atoms with Crippen LogP contribution in [0.15, 0.2) is 12.2 Å². The SMILES string of the molecule is CCCCCCC/C=C/C(O)C(COC1OC(CO)C(O)C(O)C1O)NC(=O)CCCCCC. The van der Waals surface area contributed by atoms with Crippen molar-refractivity contribution in [2.75, 3.05) is 13.2 Å². The summed E-state index contributed by atoms with van der Waals surface area (Å²) in [7, 11) is 0. The highest BCUT2D eigenvalue weighted by Gasteiger charge is 2.44. The molecule has 0 spiro atoms. The summed E-state index contributed by atoms with van der Waals surface area (Å²) in [5.41, 5.74) is 0. The highest BCUT2D eigenvalue weighted by molar-refractivity contribution is 5.76. The molecular formula is C25H47NO8. The van der Waals surface area contributed by atoms with Crippen LogP contribution in [0.1, 0.15) is 84.5 Å². The normalized spacial score (nSPS) is 27.1. The Kier molecular flexibility index (Phi) is 16.6. The van der Waals surface area contributed by atoms with Crippen LogP contribution >= 0.6 is 0 Å². The van der Waals surface area contributed by atoms with Gasteiger partial charge in [-0.05, 0) is 19.3 Å². The van der Waals surface area contributed by atoms with Gasteiger partial charge in [-0.25, -0.2) is 0 Å². The minimum Gasteiger partial charge on any atom is -0.394 e. The van der Waals surface area contributed by atoms with E-state index in [0.717, 1.165) is 44.9 Å². The first-order valence-corrected chi connectivity index (χ1v) is 12.9. The van der Waals surface area contributed by atoms with Crippen molar-refractivity contribution < 1.29 is 39.8 Å². The highest BCUT2D eigenvalue weighted by atomic mass is 16.7. The van der Waals surface area contributed by atoms with Crippen LogP contribution < -0.4 is 5.32 Å². The third-order valence-corrected chi connectivity index (χ3v) is 6.11. The zero-order chi connectivity index (χ0) is 25.3. The molecular weight excluding hydrogens is 442 g/mol. The number of unbranched alkanes of at least 4 members (excludes halogenated alkanes) is 8. The second-order valence-corrected chi connectivity index (χ2v) is 9.14. The van der Waals surface area contributed by atoms with E-state index < -0.39 is 49.5 Å². The summed E-state index contributed by atoms with van der Waals surface area (Å²) in [5.74, 6) is -0.203. The number of rotatable bonds is 18. The summed E-state index contributed by atoms with van der Waals surface area (Å²) < 4.78 is 10.9. The minimum absolute atomic E-state index is 0.189. The summed E-state index contributed by atoms with van der Waals surface area (Å²) in [6.45, 7) is 3.51. The summed E-state index contributed by atoms with van der Waals surface area (Å²) in [4.78, 5) is 12.4. The monoisotopic (exact) mass is 489 g/mol. The lowest BCUT2D eigenvalue weighted by Gasteiger charge is -2.40. The van der Waals surface area contributed by atoms with E-state index >= 15 is 0 Å². The first-order chi connectivity index (χ1) is 16.3. The Morgan fingerprint density at radius 2 is 1.62 bits per heavy atom.